The van der Waals surface area contributed by atoms with Gasteiger partial charge < -0.3 is 9.15 Å². The summed E-state index contributed by atoms with van der Waals surface area (Å²) in [6.07, 6.45) is 1.00. The number of nitrogens with zero attached hydrogens (tertiary/aromatic N) is 4. The van der Waals surface area contributed by atoms with E-state index in [9.17, 15) is 0 Å². The Balaban J connectivity index is 1.46. The van der Waals surface area contributed by atoms with Crippen LogP contribution in [0.15, 0.2) is 52.3 Å². The molecule has 0 fully saturated rings. The first-order chi connectivity index (χ1) is 15.5. The lowest BCUT2D eigenvalue weighted by molar-refractivity contribution is 0.288. The molecule has 0 unspecified atom stereocenters. The molecule has 0 aliphatic rings. The highest BCUT2D eigenvalue weighted by Gasteiger charge is 2.17. The molecule has 0 atom stereocenters. The second-order valence-electron chi connectivity index (χ2n) is 7.78. The van der Waals surface area contributed by atoms with Crippen LogP contribution in [0.2, 0.25) is 0 Å². The summed E-state index contributed by atoms with van der Waals surface area (Å²) in [6, 6.07) is 14.4. The largest absolute Gasteiger partial charge is 0.471 e. The molecule has 0 radical (unpaired) electrons. The smallest absolute Gasteiger partial charge is 0.236 e. The molecule has 1 aromatic carbocycles. The fourth-order valence-electron chi connectivity index (χ4n) is 3.81. The van der Waals surface area contributed by atoms with E-state index in [1.165, 1.54) is 5.56 Å². The zero-order valence-electron chi connectivity index (χ0n) is 18.5. The minimum Gasteiger partial charge on any atom is -0.471 e. The molecule has 32 heavy (non-hydrogen) atoms. The molecule has 0 bridgehead atoms. The average Bonchev–Trinajstić information content (AvgIpc) is 3.52. The van der Waals surface area contributed by atoms with Crippen LogP contribution in [0, 0.1) is 20.8 Å². The highest BCUT2D eigenvalue weighted by atomic mass is 32.1. The summed E-state index contributed by atoms with van der Waals surface area (Å²) in [5, 5.41) is 7.81. The third-order valence-electron chi connectivity index (χ3n) is 5.56. The second kappa shape index (κ2) is 8.24. The van der Waals surface area contributed by atoms with E-state index in [4.69, 9.17) is 19.2 Å². The van der Waals surface area contributed by atoms with Crippen molar-refractivity contribution in [1.82, 2.24) is 19.7 Å². The van der Waals surface area contributed by atoms with Crippen molar-refractivity contribution in [3.8, 4) is 22.3 Å². The topological polar surface area (TPSA) is 66.0 Å². The maximum atomic E-state index is 6.06. The van der Waals surface area contributed by atoms with Crippen molar-refractivity contribution in [1.29, 1.82) is 0 Å². The highest BCUT2D eigenvalue weighted by molar-refractivity contribution is 7.13. The van der Waals surface area contributed by atoms with Crippen molar-refractivity contribution in [3.63, 3.8) is 0 Å². The molecule has 162 valence electrons. The molecule has 0 aliphatic heterocycles. The molecule has 4 heterocycles. The van der Waals surface area contributed by atoms with Gasteiger partial charge in [-0.25, -0.2) is 9.67 Å². The van der Waals surface area contributed by atoms with Gasteiger partial charge in [-0.15, -0.1) is 11.3 Å². The zero-order valence-corrected chi connectivity index (χ0v) is 19.4. The number of thiophene rings is 1. The van der Waals surface area contributed by atoms with Gasteiger partial charge in [0.2, 0.25) is 11.8 Å². The Labute approximate surface area is 190 Å². The summed E-state index contributed by atoms with van der Waals surface area (Å²) in [5.41, 5.74) is 5.86. The van der Waals surface area contributed by atoms with E-state index in [2.05, 4.69) is 43.1 Å². The number of aromatic nitrogens is 4. The first-order valence-corrected chi connectivity index (χ1v) is 11.5. The fraction of sp³-hybridized carbons (Fsp3) is 0.240. The van der Waals surface area contributed by atoms with E-state index in [1.54, 1.807) is 11.3 Å². The van der Waals surface area contributed by atoms with Gasteiger partial charge in [-0.2, -0.15) is 10.1 Å². The predicted molar refractivity (Wildman–Crippen MR) is 127 cm³/mol. The summed E-state index contributed by atoms with van der Waals surface area (Å²) in [4.78, 5) is 10.4. The molecule has 5 rings (SSSR count). The zero-order chi connectivity index (χ0) is 22.2. The summed E-state index contributed by atoms with van der Waals surface area (Å²) >= 11 is 1.60. The van der Waals surface area contributed by atoms with E-state index >= 15 is 0 Å². The van der Waals surface area contributed by atoms with Crippen LogP contribution in [0.1, 0.15) is 35.2 Å². The van der Waals surface area contributed by atoms with Crippen LogP contribution >= 0.6 is 11.3 Å². The van der Waals surface area contributed by atoms with Crippen LogP contribution < -0.4 is 4.74 Å². The molecular formula is C25H24N4O2S. The van der Waals surface area contributed by atoms with Crippen LogP contribution in [-0.4, -0.2) is 19.7 Å². The lowest BCUT2D eigenvalue weighted by atomic mass is 10.1. The number of hydrogen-bond acceptors (Lipinski definition) is 6. The van der Waals surface area contributed by atoms with Crippen LogP contribution in [-0.2, 0) is 13.0 Å². The molecule has 4 aromatic heterocycles. The van der Waals surface area contributed by atoms with E-state index in [0.717, 1.165) is 50.7 Å². The number of hydrogen-bond donors (Lipinski definition) is 0. The van der Waals surface area contributed by atoms with Crippen molar-refractivity contribution < 1.29 is 9.15 Å². The standard InChI is InChI=1S/C25H24N4O2S/c1-5-18-8-10-19(11-9-18)29-24-23(16(3)28-29)15(2)13-22(27-24)30-14-20-17(4)31-25(26-20)21-7-6-12-32-21/h6-13H,5,14H2,1-4H3. The van der Waals surface area contributed by atoms with E-state index in [1.807, 2.05) is 42.1 Å². The van der Waals surface area contributed by atoms with Gasteiger partial charge in [0, 0.05) is 11.5 Å². The monoisotopic (exact) mass is 444 g/mol. The number of rotatable bonds is 6. The van der Waals surface area contributed by atoms with Gasteiger partial charge in [-0.1, -0.05) is 25.1 Å². The lowest BCUT2D eigenvalue weighted by Crippen LogP contribution is -2.02. The minimum absolute atomic E-state index is 0.289. The number of oxazole rings is 1. The fourth-order valence-corrected chi connectivity index (χ4v) is 4.46. The van der Waals surface area contributed by atoms with Gasteiger partial charge in [-0.05, 0) is 61.9 Å². The highest BCUT2D eigenvalue weighted by Crippen LogP contribution is 2.29. The number of aryl methyl sites for hydroxylation is 4. The van der Waals surface area contributed by atoms with Crippen LogP contribution in [0.3, 0.4) is 0 Å². The maximum absolute atomic E-state index is 6.06. The summed E-state index contributed by atoms with van der Waals surface area (Å²) in [5.74, 6) is 1.92. The van der Waals surface area contributed by atoms with Crippen molar-refractivity contribution in [2.75, 3.05) is 0 Å². The maximum Gasteiger partial charge on any atom is 0.236 e. The Kier molecular flexibility index (Phi) is 5.27. The second-order valence-corrected chi connectivity index (χ2v) is 8.73. The van der Waals surface area contributed by atoms with Crippen molar-refractivity contribution in [2.24, 2.45) is 0 Å². The normalized spacial score (nSPS) is 11.4. The summed E-state index contributed by atoms with van der Waals surface area (Å²) < 4.78 is 13.8. The average molecular weight is 445 g/mol. The van der Waals surface area contributed by atoms with Crippen LogP contribution in [0.25, 0.3) is 27.5 Å². The van der Waals surface area contributed by atoms with Crippen molar-refractivity contribution >= 4 is 22.4 Å². The molecule has 0 spiro atoms. The minimum atomic E-state index is 0.289. The molecule has 0 aliphatic carbocycles. The quantitative estimate of drug-likeness (QED) is 0.312. The third-order valence-corrected chi connectivity index (χ3v) is 6.41. The number of pyridine rings is 1. The molecule has 0 N–H and O–H groups in total. The Hall–Kier alpha value is -3.45. The van der Waals surface area contributed by atoms with Gasteiger partial charge in [0.05, 0.1) is 16.3 Å². The number of ether oxygens (including phenoxy) is 1. The van der Waals surface area contributed by atoms with Crippen molar-refractivity contribution in [2.45, 2.75) is 40.7 Å². The molecule has 0 saturated carbocycles. The van der Waals surface area contributed by atoms with Crippen LogP contribution in [0.5, 0.6) is 5.88 Å². The van der Waals surface area contributed by atoms with Gasteiger partial charge >= 0.3 is 0 Å². The van der Waals surface area contributed by atoms with Gasteiger partial charge in [0.25, 0.3) is 0 Å². The summed E-state index contributed by atoms with van der Waals surface area (Å²) in [7, 11) is 0. The van der Waals surface area contributed by atoms with Gasteiger partial charge in [0.15, 0.2) is 5.65 Å². The summed E-state index contributed by atoms with van der Waals surface area (Å²) in [6.45, 7) is 8.42. The molecule has 7 heteroatoms. The first-order valence-electron chi connectivity index (χ1n) is 10.6. The molecule has 6 nitrogen and oxygen atoms in total. The molecular weight excluding hydrogens is 420 g/mol. The Morgan fingerprint density at radius 3 is 2.59 bits per heavy atom. The van der Waals surface area contributed by atoms with Crippen LogP contribution in [0.4, 0.5) is 0 Å². The third kappa shape index (κ3) is 3.69. The molecule has 0 amide bonds. The van der Waals surface area contributed by atoms with Gasteiger partial charge in [-0.3, -0.25) is 0 Å². The Morgan fingerprint density at radius 1 is 1.06 bits per heavy atom. The predicted octanol–water partition coefficient (Wildman–Crippen LogP) is 6.20. The number of benzene rings is 1. The molecule has 5 aromatic rings. The van der Waals surface area contributed by atoms with Gasteiger partial charge in [0.1, 0.15) is 18.1 Å². The lowest BCUT2D eigenvalue weighted by Gasteiger charge is -2.08. The van der Waals surface area contributed by atoms with E-state index in [0.29, 0.717) is 11.8 Å². The number of fused-ring (bicyclic) bond motifs is 1. The Bertz CT molecular complexity index is 1380. The SMILES string of the molecule is CCc1ccc(-n2nc(C)c3c(C)cc(OCc4nc(-c5cccs5)oc4C)nc32)cc1. The first kappa shape index (κ1) is 20.5. The van der Waals surface area contributed by atoms with E-state index < -0.39 is 0 Å². The molecule has 0 saturated heterocycles. The van der Waals surface area contributed by atoms with Crippen molar-refractivity contribution in [3.05, 3.63) is 76.1 Å². The Morgan fingerprint density at radius 2 is 1.88 bits per heavy atom. The van der Waals surface area contributed by atoms with E-state index in [-0.39, 0.29) is 6.61 Å².